The SMILES string of the molecule is CC(C)(C)OC(=O)NC1CCC(C2CC[C@@H]3CC(OCC(O)CF)CCC3N2)=CN1. The van der Waals surface area contributed by atoms with E-state index in [1.165, 1.54) is 5.57 Å². The van der Waals surface area contributed by atoms with Crippen molar-refractivity contribution in [1.29, 1.82) is 0 Å². The lowest BCUT2D eigenvalue weighted by atomic mass is 9.75. The second kappa shape index (κ2) is 10.3. The van der Waals surface area contributed by atoms with Gasteiger partial charge < -0.3 is 30.5 Å². The minimum absolute atomic E-state index is 0.0889. The zero-order chi connectivity index (χ0) is 21.7. The van der Waals surface area contributed by atoms with E-state index >= 15 is 0 Å². The van der Waals surface area contributed by atoms with E-state index in [1.807, 2.05) is 20.8 Å². The number of ether oxygens (including phenoxy) is 2. The van der Waals surface area contributed by atoms with E-state index in [0.29, 0.717) is 18.0 Å². The number of alkyl halides is 1. The molecule has 1 saturated carbocycles. The number of nitrogens with one attached hydrogen (secondary N) is 3. The predicted molar refractivity (Wildman–Crippen MR) is 113 cm³/mol. The maximum atomic E-state index is 12.4. The Kier molecular flexibility index (Phi) is 7.98. The molecule has 8 heteroatoms. The number of amides is 1. The molecule has 0 aromatic carbocycles. The predicted octanol–water partition coefficient (Wildman–Crippen LogP) is 2.74. The summed E-state index contributed by atoms with van der Waals surface area (Å²) in [5.41, 5.74) is 0.861. The maximum Gasteiger partial charge on any atom is 0.409 e. The number of halogens is 1. The molecule has 0 radical (unpaired) electrons. The molecule has 0 spiro atoms. The van der Waals surface area contributed by atoms with Crippen LogP contribution in [0.25, 0.3) is 0 Å². The molecule has 2 fully saturated rings. The molecule has 7 nitrogen and oxygen atoms in total. The number of carbonyl (C=O) groups excluding carboxylic acids is 1. The van der Waals surface area contributed by atoms with Crippen LogP contribution in [0.3, 0.4) is 0 Å². The Morgan fingerprint density at radius 2 is 2.10 bits per heavy atom. The highest BCUT2D eigenvalue weighted by Gasteiger charge is 2.37. The molecule has 1 saturated heterocycles. The number of hydrogen-bond donors (Lipinski definition) is 4. The van der Waals surface area contributed by atoms with Crippen molar-refractivity contribution < 1.29 is 23.8 Å². The van der Waals surface area contributed by atoms with Gasteiger partial charge in [0.25, 0.3) is 0 Å². The Morgan fingerprint density at radius 1 is 1.30 bits per heavy atom. The molecule has 1 amide bonds. The monoisotopic (exact) mass is 427 g/mol. The van der Waals surface area contributed by atoms with Crippen LogP contribution in [0.2, 0.25) is 0 Å². The number of aliphatic hydroxyl groups is 1. The topological polar surface area (TPSA) is 91.9 Å². The van der Waals surface area contributed by atoms with Gasteiger partial charge in [-0.2, -0.15) is 0 Å². The van der Waals surface area contributed by atoms with E-state index in [-0.39, 0.29) is 18.9 Å². The van der Waals surface area contributed by atoms with E-state index in [0.717, 1.165) is 44.9 Å². The number of aliphatic hydroxyl groups excluding tert-OH is 1. The van der Waals surface area contributed by atoms with E-state index in [9.17, 15) is 14.3 Å². The molecule has 0 aromatic heterocycles. The minimum atomic E-state index is -1.00. The lowest BCUT2D eigenvalue weighted by Crippen LogP contribution is -2.53. The fraction of sp³-hybridized carbons (Fsp3) is 0.864. The molecular formula is C22H38FN3O4. The zero-order valence-electron chi connectivity index (χ0n) is 18.5. The van der Waals surface area contributed by atoms with Gasteiger partial charge in [0.05, 0.1) is 12.7 Å². The summed E-state index contributed by atoms with van der Waals surface area (Å²) in [6.07, 6.45) is 7.64. The Balaban J connectivity index is 1.42. The summed E-state index contributed by atoms with van der Waals surface area (Å²) >= 11 is 0. The van der Waals surface area contributed by atoms with Crippen molar-refractivity contribution in [2.75, 3.05) is 13.3 Å². The summed E-state index contributed by atoms with van der Waals surface area (Å²) < 4.78 is 23.4. The van der Waals surface area contributed by atoms with Crippen molar-refractivity contribution in [3.05, 3.63) is 11.8 Å². The molecule has 5 unspecified atom stereocenters. The molecular weight excluding hydrogens is 389 g/mol. The van der Waals surface area contributed by atoms with Crippen LogP contribution >= 0.6 is 0 Å². The van der Waals surface area contributed by atoms with Crippen molar-refractivity contribution in [3.8, 4) is 0 Å². The third kappa shape index (κ3) is 6.82. The normalized spacial score (nSPS) is 33.0. The molecule has 1 aliphatic carbocycles. The molecule has 0 aromatic rings. The number of fused-ring (bicyclic) bond motifs is 1. The number of carbonyl (C=O) groups is 1. The van der Waals surface area contributed by atoms with Crippen LogP contribution in [0, 0.1) is 5.92 Å². The first-order valence-corrected chi connectivity index (χ1v) is 11.3. The number of hydrogen-bond acceptors (Lipinski definition) is 6. The molecule has 3 rings (SSSR count). The summed E-state index contributed by atoms with van der Waals surface area (Å²) in [5.74, 6) is 0.571. The van der Waals surface area contributed by atoms with Gasteiger partial charge in [-0.25, -0.2) is 9.18 Å². The summed E-state index contributed by atoms with van der Waals surface area (Å²) in [6, 6.07) is 0.847. The first-order valence-electron chi connectivity index (χ1n) is 11.3. The van der Waals surface area contributed by atoms with Crippen molar-refractivity contribution in [1.82, 2.24) is 16.0 Å². The molecule has 30 heavy (non-hydrogen) atoms. The van der Waals surface area contributed by atoms with Gasteiger partial charge in [0.2, 0.25) is 0 Å². The molecule has 3 aliphatic rings. The van der Waals surface area contributed by atoms with Gasteiger partial charge in [0, 0.05) is 12.1 Å². The molecule has 6 atom stereocenters. The smallest absolute Gasteiger partial charge is 0.409 e. The lowest BCUT2D eigenvalue weighted by molar-refractivity contribution is -0.0474. The molecule has 0 bridgehead atoms. The number of alkyl carbamates (subject to hydrolysis) is 1. The second-order valence-electron chi connectivity index (χ2n) is 9.86. The molecule has 2 heterocycles. The Morgan fingerprint density at radius 3 is 2.77 bits per heavy atom. The average molecular weight is 428 g/mol. The number of rotatable bonds is 6. The van der Waals surface area contributed by atoms with Gasteiger partial charge in [-0.1, -0.05) is 0 Å². The highest BCUT2D eigenvalue weighted by Crippen LogP contribution is 2.36. The zero-order valence-corrected chi connectivity index (χ0v) is 18.5. The van der Waals surface area contributed by atoms with Crippen LogP contribution in [-0.4, -0.2) is 60.5 Å². The van der Waals surface area contributed by atoms with Gasteiger partial charge in [-0.3, -0.25) is 0 Å². The van der Waals surface area contributed by atoms with E-state index in [4.69, 9.17) is 9.47 Å². The third-order valence-corrected chi connectivity index (χ3v) is 6.21. The Labute approximate surface area is 179 Å². The summed E-state index contributed by atoms with van der Waals surface area (Å²) in [7, 11) is 0. The first-order chi connectivity index (χ1) is 14.2. The Bertz CT molecular complexity index is 610. The van der Waals surface area contributed by atoms with Gasteiger partial charge >= 0.3 is 6.09 Å². The van der Waals surface area contributed by atoms with Crippen molar-refractivity contribution in [3.63, 3.8) is 0 Å². The van der Waals surface area contributed by atoms with Gasteiger partial charge in [0.1, 0.15) is 24.5 Å². The third-order valence-electron chi connectivity index (χ3n) is 6.21. The summed E-state index contributed by atoms with van der Waals surface area (Å²) in [6.45, 7) is 4.90. The average Bonchev–Trinajstić information content (AvgIpc) is 2.70. The van der Waals surface area contributed by atoms with Crippen LogP contribution in [0.1, 0.15) is 65.7 Å². The largest absolute Gasteiger partial charge is 0.444 e. The first kappa shape index (κ1) is 23.3. The Hall–Kier alpha value is -1.38. The van der Waals surface area contributed by atoms with Gasteiger partial charge in [0.15, 0.2) is 0 Å². The van der Waals surface area contributed by atoms with Crippen LogP contribution < -0.4 is 16.0 Å². The molecule has 172 valence electrons. The van der Waals surface area contributed by atoms with Crippen molar-refractivity contribution in [2.45, 2.75) is 102 Å². The maximum absolute atomic E-state index is 12.4. The number of piperidine rings is 1. The van der Waals surface area contributed by atoms with E-state index < -0.39 is 24.5 Å². The summed E-state index contributed by atoms with van der Waals surface area (Å²) in [5, 5.41) is 19.4. The van der Waals surface area contributed by atoms with Crippen LogP contribution in [-0.2, 0) is 9.47 Å². The second-order valence-corrected chi connectivity index (χ2v) is 9.86. The highest BCUT2D eigenvalue weighted by atomic mass is 19.1. The molecule has 2 aliphatic heterocycles. The quantitative estimate of drug-likeness (QED) is 0.521. The molecule has 4 N–H and O–H groups in total. The van der Waals surface area contributed by atoms with E-state index in [1.54, 1.807) is 0 Å². The standard InChI is InChI=1S/C22H38FN3O4/c1-22(2,3)30-21(28)26-20-9-5-15(12-24-20)19-7-4-14-10-17(6-8-18(14)25-19)29-13-16(27)11-23/h12,14,16-20,24-25,27H,4-11,13H2,1-3H3,(H,26,28)/t14-,16?,17?,18?,19?,20?/m1/s1. The van der Waals surface area contributed by atoms with Crippen LogP contribution in [0.4, 0.5) is 9.18 Å². The lowest BCUT2D eigenvalue weighted by Gasteiger charge is -2.44. The fourth-order valence-corrected chi connectivity index (χ4v) is 4.73. The van der Waals surface area contributed by atoms with Crippen LogP contribution in [0.15, 0.2) is 11.8 Å². The van der Waals surface area contributed by atoms with Crippen LogP contribution in [0.5, 0.6) is 0 Å². The highest BCUT2D eigenvalue weighted by molar-refractivity contribution is 5.68. The van der Waals surface area contributed by atoms with Gasteiger partial charge in [-0.05, 0) is 83.4 Å². The minimum Gasteiger partial charge on any atom is -0.444 e. The van der Waals surface area contributed by atoms with Gasteiger partial charge in [-0.15, -0.1) is 0 Å². The van der Waals surface area contributed by atoms with Crippen molar-refractivity contribution in [2.24, 2.45) is 5.92 Å². The van der Waals surface area contributed by atoms with E-state index in [2.05, 4.69) is 22.2 Å². The summed E-state index contributed by atoms with van der Waals surface area (Å²) in [4.78, 5) is 11.9. The van der Waals surface area contributed by atoms with Crippen molar-refractivity contribution >= 4 is 6.09 Å². The fourth-order valence-electron chi connectivity index (χ4n) is 4.73.